The van der Waals surface area contributed by atoms with E-state index in [9.17, 15) is 9.59 Å². The van der Waals surface area contributed by atoms with E-state index in [0.717, 1.165) is 12.8 Å². The number of primary amides is 1. The van der Waals surface area contributed by atoms with E-state index in [-0.39, 0.29) is 24.6 Å². The Labute approximate surface area is 146 Å². The Bertz CT molecular complexity index is 629. The highest BCUT2D eigenvalue weighted by atomic mass is 16.7. The topological polar surface area (TPSA) is 103 Å². The molecule has 1 aromatic carbocycles. The van der Waals surface area contributed by atoms with Gasteiger partial charge in [-0.15, -0.1) is 0 Å². The van der Waals surface area contributed by atoms with Crippen LogP contribution in [0.1, 0.15) is 19.3 Å². The number of hydrogen-bond acceptors (Lipinski definition) is 5. The minimum Gasteiger partial charge on any atom is -0.492 e. The second-order valence-corrected chi connectivity index (χ2v) is 6.20. The maximum Gasteiger partial charge on any atom is 0.317 e. The number of carbonyl (C=O) groups is 2. The van der Waals surface area contributed by atoms with Crippen molar-refractivity contribution in [1.29, 1.82) is 0 Å². The van der Waals surface area contributed by atoms with Crippen LogP contribution in [-0.4, -0.2) is 49.9 Å². The van der Waals surface area contributed by atoms with Crippen molar-refractivity contribution in [3.05, 3.63) is 18.2 Å². The molecule has 2 aliphatic rings. The van der Waals surface area contributed by atoms with Gasteiger partial charge in [-0.1, -0.05) is 0 Å². The summed E-state index contributed by atoms with van der Waals surface area (Å²) in [4.78, 5) is 24.8. The van der Waals surface area contributed by atoms with Crippen LogP contribution in [-0.2, 0) is 4.79 Å². The maximum absolute atomic E-state index is 12.1. The SMILES string of the molecule is NC(=O)CC1CCN(C(=O)NCCOc2ccc3c(c2)OCO3)CC1. The van der Waals surface area contributed by atoms with E-state index in [4.69, 9.17) is 19.9 Å². The summed E-state index contributed by atoms with van der Waals surface area (Å²) in [5.41, 5.74) is 5.22. The minimum atomic E-state index is -0.274. The van der Waals surface area contributed by atoms with Gasteiger partial charge in [0, 0.05) is 25.6 Å². The quantitative estimate of drug-likeness (QED) is 0.749. The molecule has 8 heteroatoms. The van der Waals surface area contributed by atoms with Crippen LogP contribution in [0.25, 0.3) is 0 Å². The Morgan fingerprint density at radius 3 is 2.76 bits per heavy atom. The predicted octanol–water partition coefficient (Wildman–Crippen LogP) is 1.09. The number of urea groups is 1. The average Bonchev–Trinajstić information content (AvgIpc) is 3.06. The van der Waals surface area contributed by atoms with Crippen molar-refractivity contribution in [2.24, 2.45) is 11.7 Å². The normalized spacial score (nSPS) is 16.6. The smallest absolute Gasteiger partial charge is 0.317 e. The molecule has 0 aliphatic carbocycles. The third-order valence-corrected chi connectivity index (χ3v) is 4.38. The van der Waals surface area contributed by atoms with Gasteiger partial charge in [0.05, 0.1) is 6.54 Å². The fraction of sp³-hybridized carbons (Fsp3) is 0.529. The summed E-state index contributed by atoms with van der Waals surface area (Å²) in [5.74, 6) is 2.06. The second kappa shape index (κ2) is 7.96. The summed E-state index contributed by atoms with van der Waals surface area (Å²) in [6, 6.07) is 5.27. The number of nitrogens with zero attached hydrogens (tertiary/aromatic N) is 1. The van der Waals surface area contributed by atoms with E-state index in [1.165, 1.54) is 0 Å². The van der Waals surface area contributed by atoms with Gasteiger partial charge in [0.1, 0.15) is 12.4 Å². The fourth-order valence-corrected chi connectivity index (χ4v) is 3.03. The summed E-state index contributed by atoms with van der Waals surface area (Å²) in [6.07, 6.45) is 2.02. The van der Waals surface area contributed by atoms with E-state index in [0.29, 0.717) is 49.9 Å². The number of likely N-dealkylation sites (tertiary alicyclic amines) is 1. The van der Waals surface area contributed by atoms with Gasteiger partial charge < -0.3 is 30.2 Å². The molecular formula is C17H23N3O5. The van der Waals surface area contributed by atoms with E-state index in [1.54, 1.807) is 23.1 Å². The zero-order valence-electron chi connectivity index (χ0n) is 14.0. The van der Waals surface area contributed by atoms with E-state index < -0.39 is 0 Å². The van der Waals surface area contributed by atoms with Crippen molar-refractivity contribution in [3.63, 3.8) is 0 Å². The molecule has 0 spiro atoms. The summed E-state index contributed by atoms with van der Waals surface area (Å²) < 4.78 is 16.1. The van der Waals surface area contributed by atoms with Crippen LogP contribution in [0, 0.1) is 5.92 Å². The molecule has 0 saturated carbocycles. The van der Waals surface area contributed by atoms with Crippen LogP contribution in [0.4, 0.5) is 4.79 Å². The highest BCUT2D eigenvalue weighted by Gasteiger charge is 2.23. The molecule has 2 aliphatic heterocycles. The minimum absolute atomic E-state index is 0.105. The molecule has 0 atom stereocenters. The van der Waals surface area contributed by atoms with Crippen LogP contribution >= 0.6 is 0 Å². The lowest BCUT2D eigenvalue weighted by molar-refractivity contribution is -0.119. The third-order valence-electron chi connectivity index (χ3n) is 4.38. The largest absolute Gasteiger partial charge is 0.492 e. The van der Waals surface area contributed by atoms with Crippen LogP contribution in [0.15, 0.2) is 18.2 Å². The summed E-state index contributed by atoms with van der Waals surface area (Å²) in [6.45, 7) is 2.29. The first kappa shape index (κ1) is 17.2. The molecule has 0 aromatic heterocycles. The molecule has 1 aromatic rings. The van der Waals surface area contributed by atoms with Crippen LogP contribution in [0.2, 0.25) is 0 Å². The van der Waals surface area contributed by atoms with E-state index >= 15 is 0 Å². The number of piperidine rings is 1. The second-order valence-electron chi connectivity index (χ2n) is 6.20. The van der Waals surface area contributed by atoms with Crippen LogP contribution in [0.5, 0.6) is 17.2 Å². The van der Waals surface area contributed by atoms with Crippen molar-refractivity contribution < 1.29 is 23.8 Å². The first-order chi connectivity index (χ1) is 12.1. The zero-order valence-corrected chi connectivity index (χ0v) is 14.0. The standard InChI is InChI=1S/C17H23N3O5/c18-16(21)9-12-3-6-20(7-4-12)17(22)19-5-8-23-13-1-2-14-15(10-13)25-11-24-14/h1-2,10,12H,3-9,11H2,(H2,18,21)(H,19,22). The van der Waals surface area contributed by atoms with E-state index in [2.05, 4.69) is 5.32 Å². The number of carbonyl (C=O) groups excluding carboxylic acids is 2. The summed E-state index contributed by atoms with van der Waals surface area (Å²) >= 11 is 0. The molecule has 136 valence electrons. The molecule has 3 rings (SSSR count). The van der Waals surface area contributed by atoms with Gasteiger partial charge in [-0.3, -0.25) is 4.79 Å². The summed E-state index contributed by atoms with van der Waals surface area (Å²) in [5, 5.41) is 2.84. The van der Waals surface area contributed by atoms with Gasteiger partial charge >= 0.3 is 6.03 Å². The Kier molecular flexibility index (Phi) is 5.47. The molecule has 0 unspecified atom stereocenters. The highest BCUT2D eigenvalue weighted by Crippen LogP contribution is 2.34. The number of hydrogen-bond donors (Lipinski definition) is 2. The van der Waals surface area contributed by atoms with Crippen LogP contribution in [0.3, 0.4) is 0 Å². The molecule has 0 bridgehead atoms. The number of rotatable bonds is 6. The van der Waals surface area contributed by atoms with Crippen molar-refractivity contribution >= 4 is 11.9 Å². The number of nitrogens with two attached hydrogens (primary N) is 1. The van der Waals surface area contributed by atoms with Gasteiger partial charge in [0.25, 0.3) is 0 Å². The molecule has 1 saturated heterocycles. The molecular weight excluding hydrogens is 326 g/mol. The molecule has 25 heavy (non-hydrogen) atoms. The molecule has 8 nitrogen and oxygen atoms in total. The number of benzene rings is 1. The lowest BCUT2D eigenvalue weighted by Crippen LogP contribution is -2.45. The Morgan fingerprint density at radius 2 is 2.00 bits per heavy atom. The molecule has 0 radical (unpaired) electrons. The van der Waals surface area contributed by atoms with Crippen molar-refractivity contribution in [2.45, 2.75) is 19.3 Å². The van der Waals surface area contributed by atoms with Gasteiger partial charge in [0.15, 0.2) is 11.5 Å². The average molecular weight is 349 g/mol. The van der Waals surface area contributed by atoms with Crippen molar-refractivity contribution in [1.82, 2.24) is 10.2 Å². The zero-order chi connectivity index (χ0) is 17.6. The lowest BCUT2D eigenvalue weighted by Gasteiger charge is -2.31. The van der Waals surface area contributed by atoms with Gasteiger partial charge in [-0.05, 0) is 30.9 Å². The lowest BCUT2D eigenvalue weighted by atomic mass is 9.93. The van der Waals surface area contributed by atoms with Gasteiger partial charge in [-0.25, -0.2) is 4.79 Å². The monoisotopic (exact) mass is 349 g/mol. The summed E-state index contributed by atoms with van der Waals surface area (Å²) in [7, 11) is 0. The first-order valence-corrected chi connectivity index (χ1v) is 8.45. The molecule has 3 amide bonds. The van der Waals surface area contributed by atoms with E-state index in [1.807, 2.05) is 0 Å². The fourth-order valence-electron chi connectivity index (χ4n) is 3.03. The molecule has 3 N–H and O–H groups in total. The van der Waals surface area contributed by atoms with Gasteiger partial charge in [0.2, 0.25) is 12.7 Å². The van der Waals surface area contributed by atoms with Crippen LogP contribution < -0.4 is 25.3 Å². The third kappa shape index (κ3) is 4.68. The number of fused-ring (bicyclic) bond motifs is 1. The Morgan fingerprint density at radius 1 is 1.24 bits per heavy atom. The Balaban J connectivity index is 1.34. The van der Waals surface area contributed by atoms with Crippen molar-refractivity contribution in [2.75, 3.05) is 33.0 Å². The molecule has 1 fully saturated rings. The highest BCUT2D eigenvalue weighted by molar-refractivity contribution is 5.75. The number of nitrogens with one attached hydrogen (secondary N) is 1. The first-order valence-electron chi connectivity index (χ1n) is 8.45. The number of ether oxygens (including phenoxy) is 3. The van der Waals surface area contributed by atoms with Gasteiger partial charge in [-0.2, -0.15) is 0 Å². The predicted molar refractivity (Wildman–Crippen MR) is 89.6 cm³/mol. The Hall–Kier alpha value is -2.64. The molecule has 2 heterocycles. The maximum atomic E-state index is 12.1. The van der Waals surface area contributed by atoms with Crippen molar-refractivity contribution in [3.8, 4) is 17.2 Å². The number of amides is 3.